The third-order valence-corrected chi connectivity index (χ3v) is 4.55. The molecular formula is C18H25N3. The van der Waals surface area contributed by atoms with Crippen LogP contribution < -0.4 is 5.32 Å². The lowest BCUT2D eigenvalue weighted by molar-refractivity contribution is 0.427. The van der Waals surface area contributed by atoms with Crippen molar-refractivity contribution in [1.29, 1.82) is 0 Å². The van der Waals surface area contributed by atoms with Gasteiger partial charge in [-0.1, -0.05) is 31.2 Å². The Morgan fingerprint density at radius 2 is 2.19 bits per heavy atom. The van der Waals surface area contributed by atoms with Crippen LogP contribution in [-0.2, 0) is 13.5 Å². The molecule has 2 atom stereocenters. The van der Waals surface area contributed by atoms with Crippen LogP contribution in [0.1, 0.15) is 54.1 Å². The SMILES string of the molecule is CCCNC(CC1Cc2ccccc21)c1cn(C)nc1C. The lowest BCUT2D eigenvalue weighted by atomic mass is 9.74. The molecule has 2 unspecified atom stereocenters. The first kappa shape index (κ1) is 14.3. The summed E-state index contributed by atoms with van der Waals surface area (Å²) in [7, 11) is 2.01. The summed E-state index contributed by atoms with van der Waals surface area (Å²) in [6.07, 6.45) is 5.73. The molecule has 21 heavy (non-hydrogen) atoms. The van der Waals surface area contributed by atoms with Crippen LogP contribution in [0.4, 0.5) is 0 Å². The van der Waals surface area contributed by atoms with Gasteiger partial charge in [0.2, 0.25) is 0 Å². The molecule has 0 aliphatic heterocycles. The Morgan fingerprint density at radius 3 is 2.86 bits per heavy atom. The van der Waals surface area contributed by atoms with Crippen molar-refractivity contribution in [2.24, 2.45) is 7.05 Å². The fourth-order valence-electron chi connectivity index (χ4n) is 3.46. The Morgan fingerprint density at radius 1 is 1.38 bits per heavy atom. The van der Waals surface area contributed by atoms with Crippen molar-refractivity contribution >= 4 is 0 Å². The first-order chi connectivity index (χ1) is 10.2. The van der Waals surface area contributed by atoms with Crippen LogP contribution in [0.3, 0.4) is 0 Å². The normalized spacial score (nSPS) is 18.1. The molecule has 1 aromatic carbocycles. The highest BCUT2D eigenvalue weighted by atomic mass is 15.3. The molecule has 0 bridgehead atoms. The van der Waals surface area contributed by atoms with Crippen molar-refractivity contribution in [1.82, 2.24) is 15.1 Å². The van der Waals surface area contributed by atoms with E-state index < -0.39 is 0 Å². The van der Waals surface area contributed by atoms with E-state index in [1.165, 1.54) is 24.0 Å². The molecule has 0 saturated heterocycles. The summed E-state index contributed by atoms with van der Waals surface area (Å²) >= 11 is 0. The fourth-order valence-corrected chi connectivity index (χ4v) is 3.46. The molecule has 3 heteroatoms. The Balaban J connectivity index is 1.76. The van der Waals surface area contributed by atoms with Crippen LogP contribution in [-0.4, -0.2) is 16.3 Å². The Bertz CT molecular complexity index is 615. The van der Waals surface area contributed by atoms with Crippen molar-refractivity contribution in [3.63, 3.8) is 0 Å². The van der Waals surface area contributed by atoms with Crippen molar-refractivity contribution in [2.75, 3.05) is 6.54 Å². The van der Waals surface area contributed by atoms with Gasteiger partial charge in [0, 0.05) is 24.8 Å². The molecule has 3 nitrogen and oxygen atoms in total. The van der Waals surface area contributed by atoms with Crippen LogP contribution >= 0.6 is 0 Å². The maximum absolute atomic E-state index is 4.51. The van der Waals surface area contributed by atoms with Crippen molar-refractivity contribution in [2.45, 2.75) is 45.1 Å². The molecule has 3 rings (SSSR count). The van der Waals surface area contributed by atoms with Gasteiger partial charge in [0.05, 0.1) is 5.69 Å². The maximum Gasteiger partial charge on any atom is 0.0641 e. The summed E-state index contributed by atoms with van der Waals surface area (Å²) < 4.78 is 1.93. The number of aryl methyl sites for hydroxylation is 2. The molecule has 1 aliphatic rings. The second-order valence-electron chi connectivity index (χ2n) is 6.19. The van der Waals surface area contributed by atoms with Gasteiger partial charge < -0.3 is 5.32 Å². The van der Waals surface area contributed by atoms with Crippen molar-refractivity contribution < 1.29 is 0 Å². The Kier molecular flexibility index (Phi) is 4.11. The first-order valence-corrected chi connectivity index (χ1v) is 8.00. The fraction of sp³-hybridized carbons (Fsp3) is 0.500. The van der Waals surface area contributed by atoms with Gasteiger partial charge >= 0.3 is 0 Å². The summed E-state index contributed by atoms with van der Waals surface area (Å²) in [6, 6.07) is 9.27. The third-order valence-electron chi connectivity index (χ3n) is 4.55. The third kappa shape index (κ3) is 2.88. The number of nitrogens with one attached hydrogen (secondary N) is 1. The molecule has 1 heterocycles. The van der Waals surface area contributed by atoms with E-state index in [-0.39, 0.29) is 0 Å². The number of hydrogen-bond donors (Lipinski definition) is 1. The van der Waals surface area contributed by atoms with Crippen LogP contribution in [0, 0.1) is 6.92 Å². The van der Waals surface area contributed by atoms with E-state index in [1.54, 1.807) is 5.56 Å². The number of rotatable bonds is 6. The summed E-state index contributed by atoms with van der Waals surface area (Å²) in [5.74, 6) is 0.690. The zero-order valence-electron chi connectivity index (χ0n) is 13.3. The van der Waals surface area contributed by atoms with E-state index in [0.29, 0.717) is 12.0 Å². The average molecular weight is 283 g/mol. The van der Waals surface area contributed by atoms with Crippen LogP contribution in [0.25, 0.3) is 0 Å². The second-order valence-corrected chi connectivity index (χ2v) is 6.19. The zero-order valence-corrected chi connectivity index (χ0v) is 13.3. The quantitative estimate of drug-likeness (QED) is 0.879. The predicted octanol–water partition coefficient (Wildman–Crippen LogP) is 3.50. The van der Waals surface area contributed by atoms with Gasteiger partial charge in [-0.05, 0) is 49.8 Å². The van der Waals surface area contributed by atoms with Crippen LogP contribution in [0.2, 0.25) is 0 Å². The number of aromatic nitrogens is 2. The summed E-state index contributed by atoms with van der Waals surface area (Å²) in [5.41, 5.74) is 5.58. The number of fused-ring (bicyclic) bond motifs is 1. The summed E-state index contributed by atoms with van der Waals surface area (Å²) in [5, 5.41) is 8.23. The lowest BCUT2D eigenvalue weighted by Crippen LogP contribution is -2.28. The minimum Gasteiger partial charge on any atom is -0.310 e. The number of nitrogens with zero attached hydrogens (tertiary/aromatic N) is 2. The van der Waals surface area contributed by atoms with Gasteiger partial charge in [-0.2, -0.15) is 5.10 Å². The van der Waals surface area contributed by atoms with E-state index >= 15 is 0 Å². The molecule has 0 saturated carbocycles. The van der Waals surface area contributed by atoms with E-state index in [1.807, 2.05) is 11.7 Å². The smallest absolute Gasteiger partial charge is 0.0641 e. The molecule has 2 aromatic rings. The minimum absolute atomic E-state index is 0.414. The van der Waals surface area contributed by atoms with Gasteiger partial charge in [0.15, 0.2) is 0 Å². The molecule has 112 valence electrons. The molecular weight excluding hydrogens is 258 g/mol. The van der Waals surface area contributed by atoms with Crippen LogP contribution in [0.15, 0.2) is 30.5 Å². The standard InChI is InChI=1S/C18H25N3/c1-4-9-19-18(17-12-21(3)20-13(17)2)11-15-10-14-7-5-6-8-16(14)15/h5-8,12,15,18-19H,4,9-11H2,1-3H3. The van der Waals surface area contributed by atoms with E-state index in [2.05, 4.69) is 54.7 Å². The first-order valence-electron chi connectivity index (χ1n) is 8.00. The Hall–Kier alpha value is -1.61. The largest absolute Gasteiger partial charge is 0.310 e. The lowest BCUT2D eigenvalue weighted by Gasteiger charge is -2.33. The average Bonchev–Trinajstić information content (AvgIpc) is 2.78. The van der Waals surface area contributed by atoms with E-state index in [4.69, 9.17) is 0 Å². The van der Waals surface area contributed by atoms with Gasteiger partial charge in [-0.3, -0.25) is 4.68 Å². The van der Waals surface area contributed by atoms with Gasteiger partial charge in [-0.15, -0.1) is 0 Å². The highest BCUT2D eigenvalue weighted by molar-refractivity contribution is 5.40. The molecule has 1 N–H and O–H groups in total. The number of hydrogen-bond acceptors (Lipinski definition) is 2. The molecule has 0 fully saturated rings. The predicted molar refractivity (Wildman–Crippen MR) is 86.5 cm³/mol. The Labute approximate surface area is 127 Å². The zero-order chi connectivity index (χ0) is 14.8. The molecule has 0 amide bonds. The number of benzene rings is 1. The van der Waals surface area contributed by atoms with Crippen molar-refractivity contribution in [3.8, 4) is 0 Å². The monoisotopic (exact) mass is 283 g/mol. The summed E-state index contributed by atoms with van der Waals surface area (Å²) in [6.45, 7) is 5.40. The van der Waals surface area contributed by atoms with Gasteiger partial charge in [-0.25, -0.2) is 0 Å². The topological polar surface area (TPSA) is 29.9 Å². The minimum atomic E-state index is 0.414. The highest BCUT2D eigenvalue weighted by Crippen LogP contribution is 2.41. The van der Waals surface area contributed by atoms with E-state index in [9.17, 15) is 0 Å². The molecule has 0 spiro atoms. The maximum atomic E-state index is 4.51. The highest BCUT2D eigenvalue weighted by Gasteiger charge is 2.29. The summed E-state index contributed by atoms with van der Waals surface area (Å²) in [4.78, 5) is 0. The second kappa shape index (κ2) is 6.02. The van der Waals surface area contributed by atoms with Crippen molar-refractivity contribution in [3.05, 3.63) is 52.8 Å². The van der Waals surface area contributed by atoms with E-state index in [0.717, 1.165) is 18.7 Å². The molecule has 1 aromatic heterocycles. The van der Waals surface area contributed by atoms with Gasteiger partial charge in [0.1, 0.15) is 0 Å². The van der Waals surface area contributed by atoms with Crippen LogP contribution in [0.5, 0.6) is 0 Å². The molecule has 0 radical (unpaired) electrons. The molecule has 1 aliphatic carbocycles. The van der Waals surface area contributed by atoms with Gasteiger partial charge in [0.25, 0.3) is 0 Å².